The number of hydrogen-bond donors (Lipinski definition) is 1. The van der Waals surface area contributed by atoms with E-state index in [2.05, 4.69) is 83.8 Å². The predicted octanol–water partition coefficient (Wildman–Crippen LogP) is 4.68. The Balaban J connectivity index is 1.84. The quantitative estimate of drug-likeness (QED) is 0.560. The van der Waals surface area contributed by atoms with E-state index >= 15 is 0 Å². The Kier molecular flexibility index (Phi) is 7.65. The van der Waals surface area contributed by atoms with Gasteiger partial charge < -0.3 is 10.5 Å². The molecule has 2 N–H and O–H groups in total. The zero-order valence-electron chi connectivity index (χ0n) is 16.6. The lowest BCUT2D eigenvalue weighted by atomic mass is 9.90. The van der Waals surface area contributed by atoms with Crippen LogP contribution in [0.1, 0.15) is 29.0 Å². The van der Waals surface area contributed by atoms with Gasteiger partial charge in [0.25, 0.3) is 0 Å². The van der Waals surface area contributed by atoms with E-state index in [0.717, 1.165) is 31.8 Å². The summed E-state index contributed by atoms with van der Waals surface area (Å²) in [5.74, 6) is 1.23. The number of hydrogen-bond acceptors (Lipinski definition) is 3. The average molecular weight is 375 g/mol. The van der Waals surface area contributed by atoms with Gasteiger partial charge in [0.05, 0.1) is 7.11 Å². The number of rotatable bonds is 10. The minimum atomic E-state index is 0.325. The summed E-state index contributed by atoms with van der Waals surface area (Å²) in [5.41, 5.74) is 9.77. The molecule has 0 fully saturated rings. The van der Waals surface area contributed by atoms with Crippen LogP contribution in [0.4, 0.5) is 0 Å². The van der Waals surface area contributed by atoms with E-state index in [4.69, 9.17) is 10.5 Å². The van der Waals surface area contributed by atoms with Crippen LogP contribution in [0.5, 0.6) is 5.75 Å². The summed E-state index contributed by atoms with van der Waals surface area (Å²) in [4.78, 5) is 2.51. The van der Waals surface area contributed by atoms with Crippen molar-refractivity contribution >= 4 is 0 Å². The normalized spacial score (nSPS) is 11.1. The highest BCUT2D eigenvalue weighted by Gasteiger charge is 2.18. The summed E-state index contributed by atoms with van der Waals surface area (Å²) in [6, 6.07) is 29.9. The Hall–Kier alpha value is -2.62. The molecule has 3 aromatic carbocycles. The first kappa shape index (κ1) is 20.1. The molecule has 3 nitrogen and oxygen atoms in total. The minimum Gasteiger partial charge on any atom is -0.497 e. The van der Waals surface area contributed by atoms with E-state index < -0.39 is 0 Å². The molecule has 3 rings (SSSR count). The monoisotopic (exact) mass is 374 g/mol. The standard InChI is InChI=1S/C25H30N2O/c1-28-24-15-8-10-21(18-24)19-27(17-9-16-26)20-25(22-11-4-2-5-12-22)23-13-6-3-7-14-23/h2-8,10-15,18,25H,9,16-17,19-20,26H2,1H3. The fourth-order valence-electron chi connectivity index (χ4n) is 3.61. The van der Waals surface area contributed by atoms with Gasteiger partial charge in [-0.2, -0.15) is 0 Å². The van der Waals surface area contributed by atoms with E-state index in [9.17, 15) is 0 Å². The summed E-state index contributed by atoms with van der Waals surface area (Å²) in [7, 11) is 1.71. The van der Waals surface area contributed by atoms with Crippen molar-refractivity contribution < 1.29 is 4.74 Å². The van der Waals surface area contributed by atoms with Crippen LogP contribution in [0.2, 0.25) is 0 Å². The summed E-state index contributed by atoms with van der Waals surface area (Å²) in [5, 5.41) is 0. The van der Waals surface area contributed by atoms with Gasteiger partial charge in [0.2, 0.25) is 0 Å². The lowest BCUT2D eigenvalue weighted by Crippen LogP contribution is -2.31. The Morgan fingerprint density at radius 3 is 2.07 bits per heavy atom. The zero-order chi connectivity index (χ0) is 19.6. The highest BCUT2D eigenvalue weighted by molar-refractivity contribution is 5.33. The fourth-order valence-corrected chi connectivity index (χ4v) is 3.61. The fraction of sp³-hybridized carbons (Fsp3) is 0.280. The van der Waals surface area contributed by atoms with Gasteiger partial charge in [0.15, 0.2) is 0 Å². The lowest BCUT2D eigenvalue weighted by molar-refractivity contribution is 0.255. The van der Waals surface area contributed by atoms with Crippen molar-refractivity contribution in [2.24, 2.45) is 5.73 Å². The summed E-state index contributed by atoms with van der Waals surface area (Å²) in [6.07, 6.45) is 0.986. The summed E-state index contributed by atoms with van der Waals surface area (Å²) in [6.45, 7) is 3.51. The largest absolute Gasteiger partial charge is 0.497 e. The molecule has 0 unspecified atom stereocenters. The zero-order valence-corrected chi connectivity index (χ0v) is 16.6. The molecule has 28 heavy (non-hydrogen) atoms. The molecule has 0 saturated heterocycles. The van der Waals surface area contributed by atoms with Crippen molar-refractivity contribution in [2.45, 2.75) is 18.9 Å². The number of benzene rings is 3. The topological polar surface area (TPSA) is 38.5 Å². The van der Waals surface area contributed by atoms with Crippen molar-refractivity contribution in [2.75, 3.05) is 26.7 Å². The maximum atomic E-state index is 5.82. The number of ether oxygens (including phenoxy) is 1. The van der Waals surface area contributed by atoms with Crippen LogP contribution in [0, 0.1) is 0 Å². The maximum Gasteiger partial charge on any atom is 0.119 e. The molecule has 0 spiro atoms. The molecule has 0 aliphatic carbocycles. The average Bonchev–Trinajstić information content (AvgIpc) is 2.77. The third kappa shape index (κ3) is 5.69. The highest BCUT2D eigenvalue weighted by atomic mass is 16.5. The second-order valence-corrected chi connectivity index (χ2v) is 7.10. The summed E-state index contributed by atoms with van der Waals surface area (Å²) < 4.78 is 5.40. The van der Waals surface area contributed by atoms with E-state index in [0.29, 0.717) is 12.5 Å². The Morgan fingerprint density at radius 2 is 1.50 bits per heavy atom. The molecule has 0 aliphatic heterocycles. The first-order valence-corrected chi connectivity index (χ1v) is 9.95. The minimum absolute atomic E-state index is 0.325. The summed E-state index contributed by atoms with van der Waals surface area (Å²) >= 11 is 0. The molecule has 0 amide bonds. The molecule has 146 valence electrons. The van der Waals surface area contributed by atoms with Gasteiger partial charge in [0, 0.05) is 19.0 Å². The van der Waals surface area contributed by atoms with E-state index in [1.807, 2.05) is 6.07 Å². The van der Waals surface area contributed by atoms with E-state index in [-0.39, 0.29) is 0 Å². The van der Waals surface area contributed by atoms with Crippen molar-refractivity contribution in [3.05, 3.63) is 102 Å². The predicted molar refractivity (Wildman–Crippen MR) is 117 cm³/mol. The molecule has 0 saturated carbocycles. The third-order valence-electron chi connectivity index (χ3n) is 5.06. The Labute approximate surface area is 168 Å². The Bertz CT molecular complexity index is 781. The van der Waals surface area contributed by atoms with Gasteiger partial charge in [-0.15, -0.1) is 0 Å². The van der Waals surface area contributed by atoms with Crippen molar-refractivity contribution in [3.8, 4) is 5.75 Å². The SMILES string of the molecule is COc1cccc(CN(CCCN)CC(c2ccccc2)c2ccccc2)c1. The van der Waals surface area contributed by atoms with Crippen molar-refractivity contribution in [1.29, 1.82) is 0 Å². The van der Waals surface area contributed by atoms with Crippen LogP contribution >= 0.6 is 0 Å². The smallest absolute Gasteiger partial charge is 0.119 e. The van der Waals surface area contributed by atoms with Crippen LogP contribution < -0.4 is 10.5 Å². The van der Waals surface area contributed by atoms with Gasteiger partial charge in [-0.1, -0.05) is 72.8 Å². The van der Waals surface area contributed by atoms with Gasteiger partial charge in [-0.25, -0.2) is 0 Å². The van der Waals surface area contributed by atoms with E-state index in [1.165, 1.54) is 16.7 Å². The lowest BCUT2D eigenvalue weighted by Gasteiger charge is -2.28. The molecule has 0 bridgehead atoms. The van der Waals surface area contributed by atoms with Crippen LogP contribution in [-0.2, 0) is 6.54 Å². The second-order valence-electron chi connectivity index (χ2n) is 7.10. The van der Waals surface area contributed by atoms with Crippen LogP contribution in [0.3, 0.4) is 0 Å². The molecule has 3 heteroatoms. The van der Waals surface area contributed by atoms with Gasteiger partial charge in [0.1, 0.15) is 5.75 Å². The van der Waals surface area contributed by atoms with Crippen LogP contribution in [0.15, 0.2) is 84.9 Å². The molecule has 0 atom stereocenters. The van der Waals surface area contributed by atoms with E-state index in [1.54, 1.807) is 7.11 Å². The second kappa shape index (κ2) is 10.6. The number of nitrogens with two attached hydrogens (primary N) is 1. The first-order valence-electron chi connectivity index (χ1n) is 9.95. The molecule has 0 aromatic heterocycles. The van der Waals surface area contributed by atoms with Crippen LogP contribution in [0.25, 0.3) is 0 Å². The number of methoxy groups -OCH3 is 1. The molecule has 0 radical (unpaired) electrons. The van der Waals surface area contributed by atoms with Gasteiger partial charge >= 0.3 is 0 Å². The molecule has 3 aromatic rings. The van der Waals surface area contributed by atoms with Crippen LogP contribution in [-0.4, -0.2) is 31.6 Å². The molecule has 0 heterocycles. The molecule has 0 aliphatic rings. The van der Waals surface area contributed by atoms with Crippen molar-refractivity contribution in [3.63, 3.8) is 0 Å². The molecular weight excluding hydrogens is 344 g/mol. The highest BCUT2D eigenvalue weighted by Crippen LogP contribution is 2.26. The third-order valence-corrected chi connectivity index (χ3v) is 5.06. The molecular formula is C25H30N2O. The van der Waals surface area contributed by atoms with Crippen molar-refractivity contribution in [1.82, 2.24) is 4.90 Å². The van der Waals surface area contributed by atoms with Gasteiger partial charge in [-0.3, -0.25) is 4.90 Å². The Morgan fingerprint density at radius 1 is 0.857 bits per heavy atom. The maximum absolute atomic E-state index is 5.82. The van der Waals surface area contributed by atoms with Gasteiger partial charge in [-0.05, 0) is 48.3 Å². The number of nitrogens with zero attached hydrogens (tertiary/aromatic N) is 1. The first-order chi connectivity index (χ1) is 13.8.